The van der Waals surface area contributed by atoms with Crippen LogP contribution >= 0.6 is 0 Å². The van der Waals surface area contributed by atoms with Crippen LogP contribution in [0.5, 0.6) is 0 Å². The first kappa shape index (κ1) is 19.2. The highest BCUT2D eigenvalue weighted by atomic mass is 19.4. The van der Waals surface area contributed by atoms with Crippen LogP contribution in [0.1, 0.15) is 55.5 Å². The monoisotopic (exact) mass is 397 g/mol. The van der Waals surface area contributed by atoms with E-state index in [2.05, 4.69) is 10.1 Å². The van der Waals surface area contributed by atoms with Crippen LogP contribution in [-0.4, -0.2) is 46.7 Å². The molecule has 1 atom stereocenters. The van der Waals surface area contributed by atoms with Crippen molar-refractivity contribution in [3.05, 3.63) is 23.0 Å². The molecule has 0 aliphatic carbocycles. The van der Waals surface area contributed by atoms with E-state index in [1.54, 1.807) is 11.8 Å². The fraction of sp³-hybridized carbons (Fsp3) is 0.632. The number of hydrogen-bond acceptors (Lipinski definition) is 5. The summed E-state index contributed by atoms with van der Waals surface area (Å²) in [6.07, 6.45) is -1.84. The minimum Gasteiger partial charge on any atom is -0.368 e. The van der Waals surface area contributed by atoms with Crippen molar-refractivity contribution < 1.29 is 27.2 Å². The molecule has 2 fully saturated rings. The van der Waals surface area contributed by atoms with Gasteiger partial charge in [-0.3, -0.25) is 4.79 Å². The molecule has 6 nitrogen and oxygen atoms in total. The van der Waals surface area contributed by atoms with Gasteiger partial charge >= 0.3 is 6.18 Å². The summed E-state index contributed by atoms with van der Waals surface area (Å²) in [5.41, 5.74) is -0.204. The van der Waals surface area contributed by atoms with Gasteiger partial charge in [-0.25, -0.2) is 4.98 Å². The van der Waals surface area contributed by atoms with E-state index in [4.69, 9.17) is 9.26 Å². The van der Waals surface area contributed by atoms with Crippen molar-refractivity contribution in [2.75, 3.05) is 19.7 Å². The van der Waals surface area contributed by atoms with E-state index in [1.807, 2.05) is 0 Å². The van der Waals surface area contributed by atoms with Crippen molar-refractivity contribution in [3.63, 3.8) is 0 Å². The van der Waals surface area contributed by atoms with Crippen molar-refractivity contribution in [1.82, 2.24) is 15.0 Å². The Morgan fingerprint density at radius 3 is 2.64 bits per heavy atom. The Balaban J connectivity index is 1.58. The van der Waals surface area contributed by atoms with E-state index in [0.29, 0.717) is 50.3 Å². The Hall–Kier alpha value is -2.16. The molecule has 2 aromatic rings. The number of ether oxygens (including phenoxy) is 1. The lowest BCUT2D eigenvalue weighted by atomic mass is 9.90. The lowest BCUT2D eigenvalue weighted by Crippen LogP contribution is -2.43. The average Bonchev–Trinajstić information content (AvgIpc) is 3.36. The van der Waals surface area contributed by atoms with E-state index in [1.165, 1.54) is 0 Å². The van der Waals surface area contributed by atoms with E-state index in [9.17, 15) is 18.0 Å². The van der Waals surface area contributed by atoms with E-state index >= 15 is 0 Å². The highest BCUT2D eigenvalue weighted by molar-refractivity contribution is 5.82. The predicted octanol–water partition coefficient (Wildman–Crippen LogP) is 3.69. The molecule has 152 valence electrons. The molecular weight excluding hydrogens is 375 g/mol. The highest BCUT2D eigenvalue weighted by Gasteiger charge is 2.38. The van der Waals surface area contributed by atoms with E-state index in [-0.39, 0.29) is 29.0 Å². The third-order valence-electron chi connectivity index (χ3n) is 5.59. The molecule has 9 heteroatoms. The van der Waals surface area contributed by atoms with Gasteiger partial charge in [0.05, 0.1) is 16.6 Å². The fourth-order valence-corrected chi connectivity index (χ4v) is 4.06. The molecule has 2 aliphatic heterocycles. The van der Waals surface area contributed by atoms with Crippen LogP contribution in [-0.2, 0) is 22.1 Å². The summed E-state index contributed by atoms with van der Waals surface area (Å²) in [4.78, 5) is 18.4. The van der Waals surface area contributed by atoms with Crippen LogP contribution in [0.25, 0.3) is 11.1 Å². The van der Waals surface area contributed by atoms with E-state index < -0.39 is 11.7 Å². The van der Waals surface area contributed by atoms with Crippen molar-refractivity contribution in [2.45, 2.75) is 57.2 Å². The number of aryl methyl sites for hydroxylation is 1. The Labute approximate surface area is 160 Å². The maximum absolute atomic E-state index is 13.6. The van der Waals surface area contributed by atoms with Crippen LogP contribution in [0.3, 0.4) is 0 Å². The largest absolute Gasteiger partial charge is 0.417 e. The van der Waals surface area contributed by atoms with Gasteiger partial charge in [0.1, 0.15) is 6.10 Å². The zero-order valence-electron chi connectivity index (χ0n) is 15.6. The van der Waals surface area contributed by atoms with Crippen molar-refractivity contribution in [1.29, 1.82) is 0 Å². The molecule has 1 amide bonds. The summed E-state index contributed by atoms with van der Waals surface area (Å²) in [5.74, 6) is -0.226. The van der Waals surface area contributed by atoms with Gasteiger partial charge in [0, 0.05) is 31.3 Å². The maximum Gasteiger partial charge on any atom is 0.417 e. The van der Waals surface area contributed by atoms with Gasteiger partial charge in [-0.1, -0.05) is 12.1 Å². The molecule has 0 aromatic carbocycles. The Bertz CT molecular complexity index is 866. The zero-order chi connectivity index (χ0) is 19.9. The number of aromatic nitrogens is 2. The van der Waals surface area contributed by atoms with Gasteiger partial charge in [0.15, 0.2) is 0 Å². The number of carbonyl (C=O) groups is 1. The van der Waals surface area contributed by atoms with E-state index in [0.717, 1.165) is 18.9 Å². The first-order chi connectivity index (χ1) is 13.4. The van der Waals surface area contributed by atoms with Crippen molar-refractivity contribution in [3.8, 4) is 0 Å². The topological polar surface area (TPSA) is 68.5 Å². The number of rotatable bonds is 3. The molecule has 4 heterocycles. The predicted molar refractivity (Wildman–Crippen MR) is 93.7 cm³/mol. The van der Waals surface area contributed by atoms with Crippen LogP contribution in [0.15, 0.2) is 10.6 Å². The third kappa shape index (κ3) is 3.47. The second kappa shape index (κ2) is 7.35. The van der Waals surface area contributed by atoms with Gasteiger partial charge in [0.2, 0.25) is 0 Å². The summed E-state index contributed by atoms with van der Waals surface area (Å²) in [5, 5.41) is 3.90. The van der Waals surface area contributed by atoms with Gasteiger partial charge < -0.3 is 14.2 Å². The molecule has 0 unspecified atom stereocenters. The van der Waals surface area contributed by atoms with Crippen LogP contribution < -0.4 is 0 Å². The number of likely N-dealkylation sites (tertiary alicyclic amines) is 1. The van der Waals surface area contributed by atoms with Crippen molar-refractivity contribution >= 4 is 17.0 Å². The summed E-state index contributed by atoms with van der Waals surface area (Å²) in [7, 11) is 0. The molecule has 2 aliphatic rings. The standard InChI is InChI=1S/C19H22F3N3O3/c1-2-12-10-13(19(20,21)22)15-16(24-28-17(15)23-12)11-5-7-25(8-6-11)18(26)14-4-3-9-27-14/h10-11,14H,2-9H2,1H3/t14-/m1/s1. The lowest BCUT2D eigenvalue weighted by molar-refractivity contribution is -0.142. The quantitative estimate of drug-likeness (QED) is 0.790. The normalized spacial score (nSPS) is 21.6. The average molecular weight is 397 g/mol. The molecule has 28 heavy (non-hydrogen) atoms. The molecular formula is C19H22F3N3O3. The second-order valence-corrected chi connectivity index (χ2v) is 7.36. The number of carbonyl (C=O) groups excluding carboxylic acids is 1. The lowest BCUT2D eigenvalue weighted by Gasteiger charge is -2.32. The van der Waals surface area contributed by atoms with Crippen molar-refractivity contribution in [2.24, 2.45) is 0 Å². The molecule has 4 rings (SSSR count). The number of fused-ring (bicyclic) bond motifs is 1. The van der Waals surface area contributed by atoms with Gasteiger partial charge in [-0.05, 0) is 38.2 Å². The molecule has 0 N–H and O–H groups in total. The molecule has 0 saturated carbocycles. The second-order valence-electron chi connectivity index (χ2n) is 7.36. The van der Waals surface area contributed by atoms with Crippen LogP contribution in [0, 0.1) is 0 Å². The number of piperidine rings is 1. The van der Waals surface area contributed by atoms with Crippen LogP contribution in [0.2, 0.25) is 0 Å². The van der Waals surface area contributed by atoms with Crippen LogP contribution in [0.4, 0.5) is 13.2 Å². The first-order valence-electron chi connectivity index (χ1n) is 9.65. The smallest absolute Gasteiger partial charge is 0.368 e. The number of hydrogen-bond donors (Lipinski definition) is 0. The molecule has 2 saturated heterocycles. The Morgan fingerprint density at radius 1 is 1.29 bits per heavy atom. The zero-order valence-corrected chi connectivity index (χ0v) is 15.6. The molecule has 0 spiro atoms. The first-order valence-corrected chi connectivity index (χ1v) is 9.65. The number of halogens is 3. The summed E-state index contributed by atoms with van der Waals surface area (Å²) < 4.78 is 51.5. The minimum atomic E-state index is -4.51. The third-order valence-corrected chi connectivity index (χ3v) is 5.59. The number of pyridine rings is 1. The van der Waals surface area contributed by atoms with Gasteiger partial charge in [-0.15, -0.1) is 0 Å². The fourth-order valence-electron chi connectivity index (χ4n) is 4.06. The van der Waals surface area contributed by atoms with Gasteiger partial charge in [-0.2, -0.15) is 13.2 Å². The summed E-state index contributed by atoms with van der Waals surface area (Å²) in [6.45, 7) is 3.29. The summed E-state index contributed by atoms with van der Waals surface area (Å²) >= 11 is 0. The molecule has 0 bridgehead atoms. The summed E-state index contributed by atoms with van der Waals surface area (Å²) in [6, 6.07) is 1.08. The highest BCUT2D eigenvalue weighted by Crippen LogP contribution is 2.40. The molecule has 2 aromatic heterocycles. The SMILES string of the molecule is CCc1cc(C(F)(F)F)c2c(C3CCN(C(=O)[C@H]4CCCO4)CC3)noc2n1. The molecule has 0 radical (unpaired) electrons. The Morgan fingerprint density at radius 2 is 2.04 bits per heavy atom. The Kier molecular flexibility index (Phi) is 5.03. The maximum atomic E-state index is 13.6. The number of amides is 1. The number of alkyl halides is 3. The van der Waals surface area contributed by atoms with Gasteiger partial charge in [0.25, 0.3) is 11.6 Å². The number of nitrogens with zero attached hydrogens (tertiary/aromatic N) is 3. The minimum absolute atomic E-state index is 0.0220.